The molecule has 1 aliphatic heterocycles. The fraction of sp³-hybridized carbons (Fsp3) is 0.389. The zero-order valence-corrected chi connectivity index (χ0v) is 14.8. The van der Waals surface area contributed by atoms with Gasteiger partial charge >= 0.3 is 0 Å². The van der Waals surface area contributed by atoms with E-state index in [-0.39, 0.29) is 23.5 Å². The van der Waals surface area contributed by atoms with Crippen molar-refractivity contribution in [2.24, 2.45) is 0 Å². The highest BCUT2D eigenvalue weighted by Gasteiger charge is 2.19. The number of nitrogens with one attached hydrogen (secondary N) is 1. The predicted molar refractivity (Wildman–Crippen MR) is 90.3 cm³/mol. The number of amides is 1. The molecule has 0 spiro atoms. The van der Waals surface area contributed by atoms with Gasteiger partial charge in [-0.2, -0.15) is 4.39 Å². The lowest BCUT2D eigenvalue weighted by molar-refractivity contribution is -0.128. The van der Waals surface area contributed by atoms with Crippen LogP contribution in [0.15, 0.2) is 29.7 Å². The first-order valence-electron chi connectivity index (χ1n) is 7.91. The maximum Gasteiger partial charge on any atom is 0.261 e. The molecule has 2 rings (SSSR count). The standard InChI is InChI=1S/C18H19ClFNO4/c1-3-14-17(24-11-23-14)6-5-9-21-18(22)15(4-2)25-16-8-7-12(20)10-13(16)19/h3,6,10,15H,4-5,9,11H2,1-2H3,(H,21,22)/b14-3+,17-6+. The molecule has 0 radical (unpaired) electrons. The minimum absolute atomic E-state index is 0.0458. The van der Waals surface area contributed by atoms with E-state index in [0.29, 0.717) is 30.9 Å². The first-order valence-corrected chi connectivity index (χ1v) is 8.28. The third-order valence-electron chi connectivity index (χ3n) is 3.40. The largest absolute Gasteiger partial charge is 0.471 e. The average molecular weight is 368 g/mol. The van der Waals surface area contributed by atoms with Crippen molar-refractivity contribution in [3.8, 4) is 5.75 Å². The Morgan fingerprint density at radius 1 is 1.48 bits per heavy atom. The molecule has 5 nitrogen and oxygen atoms in total. The lowest BCUT2D eigenvalue weighted by atomic mass is 10.2. The second-order valence-corrected chi connectivity index (χ2v) is 5.55. The molecule has 1 saturated heterocycles. The van der Waals surface area contributed by atoms with Crippen molar-refractivity contribution in [1.82, 2.24) is 5.32 Å². The molecule has 1 aliphatic rings. The number of hydrogen-bond donors (Lipinski definition) is 1. The molecule has 25 heavy (non-hydrogen) atoms. The molecule has 1 amide bonds. The van der Waals surface area contributed by atoms with Gasteiger partial charge in [-0.25, -0.2) is 0 Å². The number of halogens is 2. The summed E-state index contributed by atoms with van der Waals surface area (Å²) < 4.78 is 29.1. The third-order valence-corrected chi connectivity index (χ3v) is 3.68. The van der Waals surface area contributed by atoms with Crippen LogP contribution in [0.25, 0.3) is 0 Å². The summed E-state index contributed by atoms with van der Waals surface area (Å²) >= 11 is 5.88. The molecule has 1 aromatic rings. The fourth-order valence-electron chi connectivity index (χ4n) is 2.14. The summed E-state index contributed by atoms with van der Waals surface area (Å²) in [4.78, 5) is 12.2. The quantitative estimate of drug-likeness (QED) is 0.749. The second kappa shape index (κ2) is 9.19. The van der Waals surface area contributed by atoms with Gasteiger partial charge in [-0.05, 0) is 44.1 Å². The molecule has 0 bridgehead atoms. The summed E-state index contributed by atoms with van der Waals surface area (Å²) in [5.41, 5.74) is 0. The number of ether oxygens (including phenoxy) is 3. The van der Waals surface area contributed by atoms with E-state index < -0.39 is 11.9 Å². The van der Waals surface area contributed by atoms with E-state index in [1.807, 2.05) is 19.1 Å². The topological polar surface area (TPSA) is 56.8 Å². The first-order chi connectivity index (χ1) is 12.0. The van der Waals surface area contributed by atoms with Crippen LogP contribution in [0.5, 0.6) is 5.75 Å². The van der Waals surface area contributed by atoms with Gasteiger partial charge in [0.2, 0.25) is 6.79 Å². The maximum absolute atomic E-state index is 13.0. The van der Waals surface area contributed by atoms with Gasteiger partial charge in [0, 0.05) is 12.6 Å². The van der Waals surface area contributed by atoms with Gasteiger partial charge in [0.15, 0.2) is 29.2 Å². The highest BCUT2D eigenvalue weighted by molar-refractivity contribution is 6.31. The van der Waals surface area contributed by atoms with E-state index in [9.17, 15) is 9.18 Å². The van der Waals surface area contributed by atoms with E-state index in [0.717, 1.165) is 6.07 Å². The first kappa shape index (κ1) is 18.9. The molecule has 1 atom stereocenters. The van der Waals surface area contributed by atoms with Gasteiger partial charge in [-0.15, -0.1) is 0 Å². The Morgan fingerprint density at radius 2 is 2.24 bits per heavy atom. The number of carbonyl (C=O) groups excluding carboxylic acids is 1. The molecule has 0 saturated carbocycles. The van der Waals surface area contributed by atoms with Crippen molar-refractivity contribution in [2.75, 3.05) is 13.3 Å². The fourth-order valence-corrected chi connectivity index (χ4v) is 2.32. The molecule has 1 aromatic carbocycles. The molecule has 7 heteroatoms. The summed E-state index contributed by atoms with van der Waals surface area (Å²) in [5, 5.41) is 2.82. The lowest BCUT2D eigenvalue weighted by Crippen LogP contribution is -2.38. The van der Waals surface area contributed by atoms with E-state index in [4.69, 9.17) is 25.8 Å². The Bertz CT molecular complexity index is 675. The smallest absolute Gasteiger partial charge is 0.261 e. The molecule has 1 heterocycles. The van der Waals surface area contributed by atoms with Crippen molar-refractivity contribution in [3.05, 3.63) is 52.7 Å². The Kier molecular flexibility index (Phi) is 6.96. The lowest BCUT2D eigenvalue weighted by Gasteiger charge is -2.16. The number of carbonyl (C=O) groups is 1. The SMILES string of the molecule is C/C=C1/OCO/C1=C/CCNC(=O)C(CC)Oc1c#cc(F)cc1Cl. The van der Waals surface area contributed by atoms with Gasteiger partial charge in [-0.1, -0.05) is 18.5 Å². The molecule has 134 valence electrons. The average Bonchev–Trinajstić information content (AvgIpc) is 3.05. The highest BCUT2D eigenvalue weighted by atomic mass is 35.5. The number of allylic oxidation sites excluding steroid dienone is 1. The van der Waals surface area contributed by atoms with Crippen LogP contribution in [-0.4, -0.2) is 25.3 Å². The number of rotatable bonds is 7. The Balaban J connectivity index is 1.84. The Labute approximate surface area is 151 Å². The van der Waals surface area contributed by atoms with Crippen LogP contribution in [0.3, 0.4) is 0 Å². The molecule has 0 aromatic heterocycles. The van der Waals surface area contributed by atoms with Crippen LogP contribution in [0.4, 0.5) is 4.39 Å². The van der Waals surface area contributed by atoms with E-state index in [2.05, 4.69) is 17.4 Å². The molecular formula is C18H19ClFNO4. The van der Waals surface area contributed by atoms with Crippen LogP contribution < -0.4 is 10.1 Å². The van der Waals surface area contributed by atoms with Gasteiger partial charge in [-0.3, -0.25) is 4.79 Å². The zero-order chi connectivity index (χ0) is 18.2. The van der Waals surface area contributed by atoms with Gasteiger partial charge in [0.25, 0.3) is 5.91 Å². The molecule has 1 unspecified atom stereocenters. The van der Waals surface area contributed by atoms with Crippen LogP contribution >= 0.6 is 11.6 Å². The van der Waals surface area contributed by atoms with E-state index in [1.165, 1.54) is 0 Å². The Morgan fingerprint density at radius 3 is 2.92 bits per heavy atom. The van der Waals surface area contributed by atoms with Crippen molar-refractivity contribution in [3.63, 3.8) is 0 Å². The minimum Gasteiger partial charge on any atom is -0.471 e. The number of hydrogen-bond acceptors (Lipinski definition) is 4. The molecule has 1 fully saturated rings. The van der Waals surface area contributed by atoms with Crippen LogP contribution in [-0.2, 0) is 14.3 Å². The summed E-state index contributed by atoms with van der Waals surface area (Å²) in [6.45, 7) is 4.28. The summed E-state index contributed by atoms with van der Waals surface area (Å²) in [6, 6.07) is 5.75. The van der Waals surface area contributed by atoms with Crippen molar-refractivity contribution in [2.45, 2.75) is 32.8 Å². The molecular weight excluding hydrogens is 349 g/mol. The second-order valence-electron chi connectivity index (χ2n) is 5.14. The highest BCUT2D eigenvalue weighted by Crippen LogP contribution is 2.23. The Hall–Kier alpha value is -2.39. The van der Waals surface area contributed by atoms with Crippen molar-refractivity contribution < 1.29 is 23.4 Å². The van der Waals surface area contributed by atoms with E-state index in [1.54, 1.807) is 6.92 Å². The maximum atomic E-state index is 13.0. The zero-order valence-electron chi connectivity index (χ0n) is 14.0. The monoisotopic (exact) mass is 367 g/mol. The predicted octanol–water partition coefficient (Wildman–Crippen LogP) is 3.54. The molecule has 1 N–H and O–H groups in total. The van der Waals surface area contributed by atoms with Gasteiger partial charge in [0.1, 0.15) is 0 Å². The van der Waals surface area contributed by atoms with Crippen molar-refractivity contribution >= 4 is 17.5 Å². The summed E-state index contributed by atoms with van der Waals surface area (Å²) in [7, 11) is 0. The normalized spacial score (nSPS) is 17.6. The van der Waals surface area contributed by atoms with Crippen LogP contribution in [0.2, 0.25) is 5.02 Å². The van der Waals surface area contributed by atoms with Crippen LogP contribution in [0.1, 0.15) is 26.7 Å². The van der Waals surface area contributed by atoms with Gasteiger partial charge in [0.05, 0.1) is 5.02 Å². The van der Waals surface area contributed by atoms with Gasteiger partial charge < -0.3 is 19.5 Å². The van der Waals surface area contributed by atoms with E-state index >= 15 is 0 Å². The summed E-state index contributed by atoms with van der Waals surface area (Å²) in [6.07, 6.45) is 3.92. The third kappa shape index (κ3) is 5.30. The van der Waals surface area contributed by atoms with Crippen molar-refractivity contribution in [1.29, 1.82) is 0 Å². The van der Waals surface area contributed by atoms with Crippen LogP contribution in [0, 0.1) is 17.9 Å². The minimum atomic E-state index is -0.752. The summed E-state index contributed by atoms with van der Waals surface area (Å²) in [5.74, 6) is 0.537. The molecule has 0 aliphatic carbocycles.